The maximum absolute atomic E-state index is 10.5. The molecule has 4 rings (SSSR count). The molecule has 0 bridgehead atoms. The molecule has 0 saturated heterocycles. The fourth-order valence-corrected chi connectivity index (χ4v) is 4.28. The molecule has 2 aliphatic rings. The minimum Gasteiger partial charge on any atom is -0.504 e. The normalized spacial score (nSPS) is 17.8. The van der Waals surface area contributed by atoms with Gasteiger partial charge in [0.2, 0.25) is 0 Å². The van der Waals surface area contributed by atoms with Crippen molar-refractivity contribution in [3.63, 3.8) is 0 Å². The number of rotatable bonds is 3. The molecule has 2 aromatic carbocycles. The topological polar surface area (TPSA) is 86.0 Å². The van der Waals surface area contributed by atoms with Crippen LogP contribution in [0, 0.1) is 11.3 Å². The summed E-state index contributed by atoms with van der Waals surface area (Å²) >= 11 is 0. The molecule has 1 atom stereocenters. The summed E-state index contributed by atoms with van der Waals surface area (Å²) in [5, 5.41) is 29.9. The van der Waals surface area contributed by atoms with Gasteiger partial charge in [-0.3, -0.25) is 4.90 Å². The van der Waals surface area contributed by atoms with E-state index in [0.29, 0.717) is 24.5 Å². The summed E-state index contributed by atoms with van der Waals surface area (Å²) in [7, 11) is 3.05. The van der Waals surface area contributed by atoms with E-state index in [4.69, 9.17) is 9.47 Å². The number of hydrogen-bond donors (Lipinski definition) is 2. The van der Waals surface area contributed by atoms with Crippen LogP contribution in [0.3, 0.4) is 0 Å². The first-order valence-corrected chi connectivity index (χ1v) is 8.53. The average Bonchev–Trinajstić information content (AvgIpc) is 2.63. The van der Waals surface area contributed by atoms with Crippen LogP contribution in [0.2, 0.25) is 0 Å². The first-order valence-electron chi connectivity index (χ1n) is 8.53. The molecule has 26 heavy (non-hydrogen) atoms. The first kappa shape index (κ1) is 16.6. The van der Waals surface area contributed by atoms with Crippen molar-refractivity contribution in [3.05, 3.63) is 34.9 Å². The van der Waals surface area contributed by atoms with E-state index in [-0.39, 0.29) is 17.5 Å². The maximum Gasteiger partial charge on any atom is 0.168 e. The molecule has 0 unspecified atom stereocenters. The number of phenolic OH excluding ortho intramolecular Hbond substituents is 2. The fraction of sp³-hybridized carbons (Fsp3) is 0.350. The van der Waals surface area contributed by atoms with Gasteiger partial charge in [-0.2, -0.15) is 5.26 Å². The number of ether oxygens (including phenoxy) is 2. The monoisotopic (exact) mass is 352 g/mol. The largest absolute Gasteiger partial charge is 0.504 e. The summed E-state index contributed by atoms with van der Waals surface area (Å²) in [5.41, 5.74) is 4.84. The van der Waals surface area contributed by atoms with E-state index in [2.05, 4.69) is 11.0 Å². The van der Waals surface area contributed by atoms with Crippen molar-refractivity contribution in [2.75, 3.05) is 27.3 Å². The molecular weight excluding hydrogens is 332 g/mol. The highest BCUT2D eigenvalue weighted by Crippen LogP contribution is 2.53. The molecule has 1 aliphatic carbocycles. The van der Waals surface area contributed by atoms with Gasteiger partial charge in [-0.05, 0) is 53.3 Å². The molecule has 1 heterocycles. The smallest absolute Gasteiger partial charge is 0.168 e. The number of fused-ring (bicyclic) bond motifs is 2. The van der Waals surface area contributed by atoms with Gasteiger partial charge in [0.05, 0.1) is 26.8 Å². The second kappa shape index (κ2) is 6.11. The van der Waals surface area contributed by atoms with Crippen LogP contribution >= 0.6 is 0 Å². The predicted molar refractivity (Wildman–Crippen MR) is 95.6 cm³/mol. The molecular formula is C20H20N2O4. The Hall–Kier alpha value is -2.91. The number of phenols is 2. The van der Waals surface area contributed by atoms with Crippen molar-refractivity contribution in [1.82, 2.24) is 4.90 Å². The summed E-state index contributed by atoms with van der Waals surface area (Å²) in [6, 6.07) is 7.54. The van der Waals surface area contributed by atoms with Gasteiger partial charge in [0, 0.05) is 18.2 Å². The third-order valence-corrected chi connectivity index (χ3v) is 5.39. The second-order valence-electron chi connectivity index (χ2n) is 6.66. The Morgan fingerprint density at radius 2 is 1.92 bits per heavy atom. The molecule has 6 nitrogen and oxygen atoms in total. The van der Waals surface area contributed by atoms with E-state index in [9.17, 15) is 15.5 Å². The van der Waals surface area contributed by atoms with Crippen LogP contribution in [0.4, 0.5) is 0 Å². The Morgan fingerprint density at radius 1 is 1.15 bits per heavy atom. The highest BCUT2D eigenvalue weighted by Gasteiger charge is 2.37. The molecule has 0 fully saturated rings. The molecule has 0 saturated carbocycles. The lowest BCUT2D eigenvalue weighted by Gasteiger charge is -2.41. The summed E-state index contributed by atoms with van der Waals surface area (Å²) in [5.74, 6) is 0.984. The van der Waals surface area contributed by atoms with E-state index in [1.54, 1.807) is 18.2 Å². The number of hydrogen-bond acceptors (Lipinski definition) is 6. The zero-order valence-electron chi connectivity index (χ0n) is 14.7. The number of benzene rings is 2. The van der Waals surface area contributed by atoms with Gasteiger partial charge >= 0.3 is 0 Å². The average molecular weight is 352 g/mol. The van der Waals surface area contributed by atoms with Crippen LogP contribution in [0.25, 0.3) is 11.1 Å². The minimum absolute atomic E-state index is 0.0168. The van der Waals surface area contributed by atoms with Gasteiger partial charge in [-0.25, -0.2) is 0 Å². The van der Waals surface area contributed by atoms with Crippen molar-refractivity contribution < 1.29 is 19.7 Å². The van der Waals surface area contributed by atoms with Crippen molar-refractivity contribution >= 4 is 0 Å². The molecule has 2 aromatic rings. The molecule has 134 valence electrons. The second-order valence-corrected chi connectivity index (χ2v) is 6.66. The molecule has 1 aliphatic heterocycles. The van der Waals surface area contributed by atoms with Crippen molar-refractivity contribution in [3.8, 4) is 40.2 Å². The van der Waals surface area contributed by atoms with Gasteiger partial charge in [0.1, 0.15) is 0 Å². The third-order valence-electron chi connectivity index (χ3n) is 5.39. The zero-order valence-corrected chi connectivity index (χ0v) is 14.7. The third kappa shape index (κ3) is 2.28. The minimum atomic E-state index is 0.0168. The summed E-state index contributed by atoms with van der Waals surface area (Å²) in [4.78, 5) is 2.15. The van der Waals surface area contributed by atoms with Crippen molar-refractivity contribution in [2.24, 2.45) is 0 Å². The molecule has 0 amide bonds. The summed E-state index contributed by atoms with van der Waals surface area (Å²) < 4.78 is 10.8. The Morgan fingerprint density at radius 3 is 2.62 bits per heavy atom. The van der Waals surface area contributed by atoms with E-state index < -0.39 is 0 Å². The molecule has 0 spiro atoms. The summed E-state index contributed by atoms with van der Waals surface area (Å²) in [6.45, 7) is 1.10. The van der Waals surface area contributed by atoms with E-state index in [1.807, 2.05) is 0 Å². The van der Waals surface area contributed by atoms with Crippen molar-refractivity contribution in [1.29, 1.82) is 5.26 Å². The quantitative estimate of drug-likeness (QED) is 0.826. The van der Waals surface area contributed by atoms with E-state index >= 15 is 0 Å². The maximum atomic E-state index is 10.5. The SMILES string of the molecule is COc1cc2c(cc1O)C[C@H]1c3c(cc(O)c(OC)c3-2)CCN1CC#N. The van der Waals surface area contributed by atoms with Crippen LogP contribution in [0.15, 0.2) is 18.2 Å². The number of nitriles is 1. The summed E-state index contributed by atoms with van der Waals surface area (Å²) in [6.07, 6.45) is 1.45. The lowest BCUT2D eigenvalue weighted by atomic mass is 9.76. The fourth-order valence-electron chi connectivity index (χ4n) is 4.28. The lowest BCUT2D eigenvalue weighted by molar-refractivity contribution is 0.204. The van der Waals surface area contributed by atoms with Crippen LogP contribution in [0.5, 0.6) is 23.0 Å². The van der Waals surface area contributed by atoms with E-state index in [1.165, 1.54) is 14.2 Å². The first-order chi connectivity index (χ1) is 12.6. The van der Waals surface area contributed by atoms with Gasteiger partial charge in [0.25, 0.3) is 0 Å². The Kier molecular flexibility index (Phi) is 3.89. The number of aromatic hydroxyl groups is 2. The Bertz CT molecular complexity index is 933. The van der Waals surface area contributed by atoms with Crippen LogP contribution in [-0.4, -0.2) is 42.4 Å². The van der Waals surface area contributed by atoms with Gasteiger partial charge in [-0.15, -0.1) is 0 Å². The Labute approximate surface area is 151 Å². The Balaban J connectivity index is 2.03. The highest BCUT2D eigenvalue weighted by atomic mass is 16.5. The van der Waals surface area contributed by atoms with Crippen LogP contribution in [-0.2, 0) is 12.8 Å². The van der Waals surface area contributed by atoms with Crippen molar-refractivity contribution in [2.45, 2.75) is 18.9 Å². The van der Waals surface area contributed by atoms with Gasteiger partial charge in [0.15, 0.2) is 23.0 Å². The van der Waals surface area contributed by atoms with Crippen LogP contribution in [0.1, 0.15) is 22.7 Å². The molecule has 6 heteroatoms. The molecule has 0 radical (unpaired) electrons. The van der Waals surface area contributed by atoms with Crippen LogP contribution < -0.4 is 9.47 Å². The highest BCUT2D eigenvalue weighted by molar-refractivity contribution is 5.84. The molecule has 2 N–H and O–H groups in total. The number of nitrogens with zero attached hydrogens (tertiary/aromatic N) is 2. The standard InChI is InChI=1S/C20H20N2O4/c1-25-17-10-13-12(9-15(17)23)7-14-18-11(3-5-22(14)6-4-21)8-16(24)20(26-2)19(13)18/h8-10,14,23-24H,3,5-7H2,1-2H3/t14-/m0/s1. The number of methoxy groups -OCH3 is 2. The lowest BCUT2D eigenvalue weighted by Crippen LogP contribution is -2.38. The molecule has 0 aromatic heterocycles. The zero-order chi connectivity index (χ0) is 18.4. The predicted octanol–water partition coefficient (Wildman–Crippen LogP) is 2.76. The van der Waals surface area contributed by atoms with E-state index in [0.717, 1.165) is 40.8 Å². The van der Waals surface area contributed by atoms with Gasteiger partial charge in [-0.1, -0.05) is 0 Å². The van der Waals surface area contributed by atoms with Gasteiger partial charge < -0.3 is 19.7 Å².